The molecule has 0 aromatic rings. The van der Waals surface area contributed by atoms with Gasteiger partial charge in [-0.25, -0.2) is 0 Å². The van der Waals surface area contributed by atoms with E-state index in [-0.39, 0.29) is 5.97 Å². The van der Waals surface area contributed by atoms with Crippen LogP contribution in [0.25, 0.3) is 0 Å². The zero-order valence-electron chi connectivity index (χ0n) is 11.9. The van der Waals surface area contributed by atoms with Crippen molar-refractivity contribution in [2.75, 3.05) is 6.61 Å². The molecule has 0 N–H and O–H groups in total. The molecule has 5 heteroatoms. The minimum atomic E-state index is -1.98. The Kier molecular flexibility index (Phi) is 4.96. The second-order valence-electron chi connectivity index (χ2n) is 5.87. The predicted molar refractivity (Wildman–Crippen MR) is 71.6 cm³/mol. The lowest BCUT2D eigenvalue weighted by Crippen LogP contribution is -2.47. The minimum absolute atomic E-state index is 0.306. The van der Waals surface area contributed by atoms with Gasteiger partial charge in [-0.15, -0.1) is 0 Å². The van der Waals surface area contributed by atoms with Crippen molar-refractivity contribution in [1.82, 2.24) is 0 Å². The van der Waals surface area contributed by atoms with Crippen molar-refractivity contribution >= 4 is 20.3 Å². The van der Waals surface area contributed by atoms with Crippen molar-refractivity contribution in [3.63, 3.8) is 0 Å². The van der Waals surface area contributed by atoms with E-state index in [1.807, 2.05) is 19.6 Å². The Bertz CT molecular complexity index is 313. The molecule has 0 heterocycles. The normalized spacial score (nSPS) is 19.1. The third kappa shape index (κ3) is 3.57. The Morgan fingerprint density at radius 2 is 1.61 bits per heavy atom. The summed E-state index contributed by atoms with van der Waals surface area (Å²) in [4.78, 5) is 24.5. The van der Waals surface area contributed by atoms with E-state index >= 15 is 0 Å². The first kappa shape index (κ1) is 15.2. The number of hydrogen-bond donors (Lipinski definition) is 0. The zero-order valence-corrected chi connectivity index (χ0v) is 12.9. The summed E-state index contributed by atoms with van der Waals surface area (Å²) >= 11 is 0. The Morgan fingerprint density at radius 3 is 2.06 bits per heavy atom. The lowest BCUT2D eigenvalue weighted by atomic mass is 9.74. The number of carbonyl (C=O) groups excluding carboxylic acids is 2. The van der Waals surface area contributed by atoms with Crippen molar-refractivity contribution in [2.24, 2.45) is 5.41 Å². The van der Waals surface area contributed by atoms with Crippen molar-refractivity contribution in [3.8, 4) is 0 Å². The second-order valence-corrected chi connectivity index (χ2v) is 10.3. The van der Waals surface area contributed by atoms with Gasteiger partial charge in [0.05, 0.1) is 6.61 Å². The van der Waals surface area contributed by atoms with Gasteiger partial charge in [-0.3, -0.25) is 9.59 Å². The highest BCUT2D eigenvalue weighted by Crippen LogP contribution is 2.39. The number of esters is 1. The van der Waals surface area contributed by atoms with Gasteiger partial charge in [0.2, 0.25) is 8.32 Å². The van der Waals surface area contributed by atoms with Crippen LogP contribution >= 0.6 is 0 Å². The highest BCUT2D eigenvalue weighted by Gasteiger charge is 2.50. The highest BCUT2D eigenvalue weighted by molar-refractivity contribution is 6.71. The molecule has 0 unspecified atom stereocenters. The molecule has 104 valence electrons. The Balaban J connectivity index is 2.89. The lowest BCUT2D eigenvalue weighted by molar-refractivity contribution is -0.170. The highest BCUT2D eigenvalue weighted by atomic mass is 28.4. The standard InChI is InChI=1S/C13H24O4Si/c1-5-16-11(14)13(9-7-6-8-10-13)12(15)17-18(2,3)4/h5-10H2,1-4H3. The third-order valence-corrected chi connectivity index (χ3v) is 3.96. The molecular formula is C13H24O4Si. The summed E-state index contributed by atoms with van der Waals surface area (Å²) < 4.78 is 10.6. The second kappa shape index (κ2) is 5.86. The fourth-order valence-corrected chi connectivity index (χ4v) is 3.04. The van der Waals surface area contributed by atoms with Gasteiger partial charge in [0.1, 0.15) is 0 Å². The molecular weight excluding hydrogens is 248 g/mol. The smallest absolute Gasteiger partial charge is 0.323 e. The van der Waals surface area contributed by atoms with E-state index in [1.54, 1.807) is 6.92 Å². The van der Waals surface area contributed by atoms with E-state index in [2.05, 4.69) is 0 Å². The minimum Gasteiger partial charge on any atom is -0.519 e. The third-order valence-electron chi connectivity index (χ3n) is 3.16. The number of ether oxygens (including phenoxy) is 1. The van der Waals surface area contributed by atoms with Crippen LogP contribution in [0.1, 0.15) is 39.0 Å². The molecule has 0 spiro atoms. The summed E-state index contributed by atoms with van der Waals surface area (Å²) in [7, 11) is -1.98. The molecule has 0 aliphatic heterocycles. The van der Waals surface area contributed by atoms with Crippen LogP contribution in [0.4, 0.5) is 0 Å². The maximum Gasteiger partial charge on any atom is 0.323 e. The molecule has 1 rings (SSSR count). The number of rotatable bonds is 4. The Labute approximate surface area is 110 Å². The van der Waals surface area contributed by atoms with Crippen LogP contribution in [0.15, 0.2) is 0 Å². The van der Waals surface area contributed by atoms with Crippen molar-refractivity contribution in [1.29, 1.82) is 0 Å². The topological polar surface area (TPSA) is 52.6 Å². The van der Waals surface area contributed by atoms with E-state index in [0.29, 0.717) is 19.4 Å². The number of carbonyl (C=O) groups is 2. The quantitative estimate of drug-likeness (QED) is 0.448. The van der Waals surface area contributed by atoms with E-state index in [0.717, 1.165) is 19.3 Å². The molecule has 0 bridgehead atoms. The largest absolute Gasteiger partial charge is 0.519 e. The van der Waals surface area contributed by atoms with Crippen molar-refractivity contribution in [2.45, 2.75) is 58.7 Å². The van der Waals surface area contributed by atoms with Crippen LogP contribution in [0, 0.1) is 5.41 Å². The number of hydrogen-bond acceptors (Lipinski definition) is 4. The first-order valence-electron chi connectivity index (χ1n) is 6.72. The van der Waals surface area contributed by atoms with Gasteiger partial charge in [0, 0.05) is 0 Å². The summed E-state index contributed by atoms with van der Waals surface area (Å²) in [6.07, 6.45) is 3.98. The maximum atomic E-state index is 12.4. The summed E-state index contributed by atoms with van der Waals surface area (Å²) in [6, 6.07) is 0. The van der Waals surface area contributed by atoms with Gasteiger partial charge in [-0.05, 0) is 39.4 Å². The van der Waals surface area contributed by atoms with Gasteiger partial charge in [0.15, 0.2) is 5.41 Å². The summed E-state index contributed by atoms with van der Waals surface area (Å²) in [5, 5.41) is 0. The first-order chi connectivity index (χ1) is 8.32. The molecule has 1 aliphatic rings. The molecule has 0 amide bonds. The van der Waals surface area contributed by atoms with Gasteiger partial charge >= 0.3 is 11.9 Å². The van der Waals surface area contributed by atoms with E-state index in [4.69, 9.17) is 9.16 Å². The molecule has 1 saturated carbocycles. The molecule has 18 heavy (non-hydrogen) atoms. The molecule has 1 fully saturated rings. The average molecular weight is 272 g/mol. The summed E-state index contributed by atoms with van der Waals surface area (Å²) in [5.74, 6) is -0.757. The van der Waals surface area contributed by atoms with Crippen molar-refractivity contribution < 1.29 is 18.8 Å². The fourth-order valence-electron chi connectivity index (χ4n) is 2.29. The van der Waals surface area contributed by atoms with Gasteiger partial charge < -0.3 is 9.16 Å². The van der Waals surface area contributed by atoms with Crippen molar-refractivity contribution in [3.05, 3.63) is 0 Å². The van der Waals surface area contributed by atoms with E-state index in [9.17, 15) is 9.59 Å². The van der Waals surface area contributed by atoms with Gasteiger partial charge in [-0.1, -0.05) is 19.3 Å². The van der Waals surface area contributed by atoms with Gasteiger partial charge in [0.25, 0.3) is 0 Å². The molecule has 1 aliphatic carbocycles. The Morgan fingerprint density at radius 1 is 1.06 bits per heavy atom. The fraction of sp³-hybridized carbons (Fsp3) is 0.846. The lowest BCUT2D eigenvalue weighted by Gasteiger charge is -2.34. The Hall–Kier alpha value is -0.843. The summed E-state index contributed by atoms with van der Waals surface area (Å²) in [6.45, 7) is 7.92. The predicted octanol–water partition coefficient (Wildman–Crippen LogP) is 2.88. The van der Waals surface area contributed by atoms with Crippen LogP contribution in [0.5, 0.6) is 0 Å². The van der Waals surface area contributed by atoms with Crippen LogP contribution < -0.4 is 0 Å². The molecule has 0 atom stereocenters. The average Bonchev–Trinajstić information content (AvgIpc) is 2.28. The van der Waals surface area contributed by atoms with Crippen LogP contribution in [0.2, 0.25) is 19.6 Å². The molecule has 0 aromatic heterocycles. The van der Waals surface area contributed by atoms with Crippen LogP contribution in [-0.4, -0.2) is 26.9 Å². The molecule has 0 radical (unpaired) electrons. The summed E-state index contributed by atoms with van der Waals surface area (Å²) in [5.41, 5.74) is -1.03. The van der Waals surface area contributed by atoms with E-state index < -0.39 is 19.7 Å². The maximum absolute atomic E-state index is 12.4. The zero-order chi connectivity index (χ0) is 13.8. The molecule has 0 saturated heterocycles. The molecule has 4 nitrogen and oxygen atoms in total. The van der Waals surface area contributed by atoms with Gasteiger partial charge in [-0.2, -0.15) is 0 Å². The monoisotopic (exact) mass is 272 g/mol. The SMILES string of the molecule is CCOC(=O)C1(C(=O)O[Si](C)(C)C)CCCCC1. The van der Waals surface area contributed by atoms with Crippen LogP contribution in [0.3, 0.4) is 0 Å². The van der Waals surface area contributed by atoms with Crippen LogP contribution in [-0.2, 0) is 18.8 Å². The first-order valence-corrected chi connectivity index (χ1v) is 10.1. The molecule has 0 aromatic carbocycles. The van der Waals surface area contributed by atoms with E-state index in [1.165, 1.54) is 0 Å².